The van der Waals surface area contributed by atoms with Gasteiger partial charge in [-0.1, -0.05) is 0 Å². The van der Waals surface area contributed by atoms with Gasteiger partial charge >= 0.3 is 5.69 Å². The van der Waals surface area contributed by atoms with E-state index in [1.54, 1.807) is 12.1 Å². The normalized spacial score (nSPS) is 10.2. The van der Waals surface area contributed by atoms with E-state index in [9.17, 15) is 19.3 Å². The molecule has 0 aromatic heterocycles. The second-order valence-corrected chi connectivity index (χ2v) is 5.18. The van der Waals surface area contributed by atoms with Gasteiger partial charge in [0.1, 0.15) is 0 Å². The van der Waals surface area contributed by atoms with Gasteiger partial charge in [-0.05, 0) is 29.8 Å². The lowest BCUT2D eigenvalue weighted by Crippen LogP contribution is -2.15. The molecule has 0 saturated carbocycles. The molecule has 0 heterocycles. The predicted octanol–water partition coefficient (Wildman–Crippen LogP) is 2.94. The van der Waals surface area contributed by atoms with Crippen LogP contribution in [-0.2, 0) is 11.2 Å². The number of halogens is 1. The van der Waals surface area contributed by atoms with Crippen molar-refractivity contribution in [3.05, 3.63) is 51.8 Å². The number of hydrogen-bond acceptors (Lipinski definition) is 6. The lowest BCUT2D eigenvalue weighted by molar-refractivity contribution is -0.387. The number of benzene rings is 2. The van der Waals surface area contributed by atoms with E-state index < -0.39 is 22.3 Å². The molecule has 0 unspecified atom stereocenters. The second-order valence-electron chi connectivity index (χ2n) is 5.18. The predicted molar refractivity (Wildman–Crippen MR) is 91.5 cm³/mol. The molecule has 1 N–H and O–H groups in total. The first-order valence-electron chi connectivity index (χ1n) is 7.42. The first-order valence-corrected chi connectivity index (χ1v) is 7.42. The average Bonchev–Trinajstić information content (AvgIpc) is 2.62. The zero-order valence-corrected chi connectivity index (χ0v) is 14.4. The molecule has 0 fully saturated rings. The number of nitrogens with one attached hydrogen (secondary N) is 1. The number of carbonyl (C=O) groups is 1. The summed E-state index contributed by atoms with van der Waals surface area (Å²) >= 11 is 0. The molecule has 8 nitrogen and oxygen atoms in total. The van der Waals surface area contributed by atoms with Gasteiger partial charge in [-0.3, -0.25) is 14.9 Å². The quantitative estimate of drug-likeness (QED) is 0.599. The van der Waals surface area contributed by atoms with E-state index >= 15 is 0 Å². The topological polar surface area (TPSA) is 99.9 Å². The van der Waals surface area contributed by atoms with Gasteiger partial charge in [0.05, 0.1) is 32.7 Å². The van der Waals surface area contributed by atoms with Gasteiger partial charge in [-0.15, -0.1) is 0 Å². The molecular weight excluding hydrogens is 347 g/mol. The second kappa shape index (κ2) is 8.15. The van der Waals surface area contributed by atoms with Crippen LogP contribution in [0.25, 0.3) is 0 Å². The number of carbonyl (C=O) groups excluding carboxylic acids is 1. The van der Waals surface area contributed by atoms with Crippen LogP contribution in [0, 0.1) is 15.9 Å². The number of hydrogen-bond donors (Lipinski definition) is 1. The highest BCUT2D eigenvalue weighted by Crippen LogP contribution is 2.38. The van der Waals surface area contributed by atoms with Crippen LogP contribution in [0.1, 0.15) is 5.56 Å². The largest absolute Gasteiger partial charge is 0.493 e. The van der Waals surface area contributed by atoms with E-state index in [0.29, 0.717) is 22.8 Å². The van der Waals surface area contributed by atoms with E-state index in [2.05, 4.69) is 5.32 Å². The van der Waals surface area contributed by atoms with Crippen molar-refractivity contribution in [3.63, 3.8) is 0 Å². The first kappa shape index (κ1) is 19.0. The molecule has 138 valence electrons. The molecule has 0 radical (unpaired) electrons. The fourth-order valence-corrected chi connectivity index (χ4v) is 2.36. The third-order valence-corrected chi connectivity index (χ3v) is 3.52. The van der Waals surface area contributed by atoms with E-state index in [1.807, 2.05) is 0 Å². The Balaban J connectivity index is 2.20. The van der Waals surface area contributed by atoms with Crippen LogP contribution >= 0.6 is 0 Å². The summed E-state index contributed by atoms with van der Waals surface area (Å²) < 4.78 is 29.0. The molecule has 2 aromatic rings. The van der Waals surface area contributed by atoms with Crippen molar-refractivity contribution >= 4 is 17.3 Å². The van der Waals surface area contributed by atoms with Gasteiger partial charge in [-0.2, -0.15) is 4.39 Å². The van der Waals surface area contributed by atoms with Gasteiger partial charge in [0, 0.05) is 11.8 Å². The zero-order valence-electron chi connectivity index (χ0n) is 14.4. The number of amides is 1. The monoisotopic (exact) mass is 364 g/mol. The summed E-state index contributed by atoms with van der Waals surface area (Å²) in [7, 11) is 4.38. The average molecular weight is 364 g/mol. The molecule has 0 bridgehead atoms. The van der Waals surface area contributed by atoms with Crippen LogP contribution in [0.15, 0.2) is 30.3 Å². The van der Waals surface area contributed by atoms with Gasteiger partial charge < -0.3 is 19.5 Å². The maximum atomic E-state index is 13.3. The Morgan fingerprint density at radius 2 is 1.73 bits per heavy atom. The molecule has 2 rings (SSSR count). The number of nitrogens with zero attached hydrogens (tertiary/aromatic N) is 1. The number of rotatable bonds is 7. The molecule has 0 aliphatic heterocycles. The molecular formula is C17H17FN2O6. The lowest BCUT2D eigenvalue weighted by atomic mass is 10.1. The fourth-order valence-electron chi connectivity index (χ4n) is 2.36. The smallest absolute Gasteiger partial charge is 0.306 e. The standard InChI is InChI=1S/C17H17FN2O6/c1-24-14-6-10(7-15(25-2)17(14)26-3)8-16(21)19-11-4-5-12(18)13(9-11)20(22)23/h4-7,9H,8H2,1-3H3,(H,19,21). The zero-order chi connectivity index (χ0) is 19.3. The third kappa shape index (κ3) is 4.18. The van der Waals surface area contributed by atoms with Crippen LogP contribution in [0.5, 0.6) is 17.2 Å². The minimum Gasteiger partial charge on any atom is -0.493 e. The van der Waals surface area contributed by atoms with Crippen LogP contribution in [0.3, 0.4) is 0 Å². The summed E-state index contributed by atoms with van der Waals surface area (Å²) in [6, 6.07) is 6.37. The van der Waals surface area contributed by atoms with Gasteiger partial charge in [-0.25, -0.2) is 0 Å². The van der Waals surface area contributed by atoms with Crippen molar-refractivity contribution in [2.24, 2.45) is 0 Å². The summed E-state index contributed by atoms with van der Waals surface area (Å²) in [5, 5.41) is 13.3. The van der Waals surface area contributed by atoms with E-state index in [-0.39, 0.29) is 12.1 Å². The van der Waals surface area contributed by atoms with E-state index in [4.69, 9.17) is 14.2 Å². The Kier molecular flexibility index (Phi) is 5.94. The van der Waals surface area contributed by atoms with Gasteiger partial charge in [0.15, 0.2) is 11.5 Å². The molecule has 26 heavy (non-hydrogen) atoms. The molecule has 1 amide bonds. The molecule has 0 spiro atoms. The SMILES string of the molecule is COc1cc(CC(=O)Nc2ccc(F)c([N+](=O)[O-])c2)cc(OC)c1OC. The molecule has 0 aliphatic rings. The summed E-state index contributed by atoms with van der Waals surface area (Å²) in [4.78, 5) is 22.1. The molecule has 2 aromatic carbocycles. The minimum absolute atomic E-state index is 0.0537. The van der Waals surface area contributed by atoms with Crippen LogP contribution in [-0.4, -0.2) is 32.2 Å². The number of nitro benzene ring substituents is 1. The number of methoxy groups -OCH3 is 3. The molecule has 0 aliphatic carbocycles. The van der Waals surface area contributed by atoms with Gasteiger partial charge in [0.25, 0.3) is 0 Å². The van der Waals surface area contributed by atoms with Crippen molar-refractivity contribution < 1.29 is 28.3 Å². The Bertz CT molecular complexity index is 815. The van der Waals surface area contributed by atoms with Gasteiger partial charge in [0.2, 0.25) is 17.5 Å². The Labute approximate surface area is 148 Å². The van der Waals surface area contributed by atoms with Crippen LogP contribution < -0.4 is 19.5 Å². The van der Waals surface area contributed by atoms with Crippen molar-refractivity contribution in [2.45, 2.75) is 6.42 Å². The first-order chi connectivity index (χ1) is 12.4. The maximum Gasteiger partial charge on any atom is 0.306 e. The summed E-state index contributed by atoms with van der Waals surface area (Å²) in [6.07, 6.45) is -0.0537. The third-order valence-electron chi connectivity index (χ3n) is 3.52. The fraction of sp³-hybridized carbons (Fsp3) is 0.235. The van der Waals surface area contributed by atoms with Crippen molar-refractivity contribution in [2.75, 3.05) is 26.6 Å². The highest BCUT2D eigenvalue weighted by Gasteiger charge is 2.17. The van der Waals surface area contributed by atoms with E-state index in [1.165, 1.54) is 27.4 Å². The summed E-state index contributed by atoms with van der Waals surface area (Å²) in [5.74, 6) is -0.231. The molecule has 9 heteroatoms. The summed E-state index contributed by atoms with van der Waals surface area (Å²) in [5.41, 5.74) is -0.0141. The van der Waals surface area contributed by atoms with Crippen LogP contribution in [0.2, 0.25) is 0 Å². The van der Waals surface area contributed by atoms with Crippen molar-refractivity contribution in [3.8, 4) is 17.2 Å². The lowest BCUT2D eigenvalue weighted by Gasteiger charge is -2.14. The Morgan fingerprint density at radius 1 is 1.12 bits per heavy atom. The number of ether oxygens (including phenoxy) is 3. The molecule has 0 saturated heterocycles. The van der Waals surface area contributed by atoms with E-state index in [0.717, 1.165) is 12.1 Å². The molecule has 0 atom stereocenters. The van der Waals surface area contributed by atoms with Crippen LogP contribution in [0.4, 0.5) is 15.8 Å². The van der Waals surface area contributed by atoms with Crippen molar-refractivity contribution in [1.29, 1.82) is 0 Å². The number of anilines is 1. The minimum atomic E-state index is -0.974. The maximum absolute atomic E-state index is 13.3. The number of nitro groups is 1. The Morgan fingerprint density at radius 3 is 2.23 bits per heavy atom. The highest BCUT2D eigenvalue weighted by molar-refractivity contribution is 5.92. The van der Waals surface area contributed by atoms with Crippen molar-refractivity contribution in [1.82, 2.24) is 0 Å². The summed E-state index contributed by atoms with van der Waals surface area (Å²) in [6.45, 7) is 0. The Hall–Kier alpha value is -3.36. The highest BCUT2D eigenvalue weighted by atomic mass is 19.1.